The van der Waals surface area contributed by atoms with Crippen LogP contribution in [0.1, 0.15) is 31.4 Å². The van der Waals surface area contributed by atoms with Gasteiger partial charge in [-0.1, -0.05) is 49.4 Å². The topological polar surface area (TPSA) is 95.9 Å². The molecule has 2 aromatic rings. The Labute approximate surface area is 169 Å². The third-order valence-electron chi connectivity index (χ3n) is 3.55. The molecule has 0 heterocycles. The van der Waals surface area contributed by atoms with Crippen LogP contribution in [0.2, 0.25) is 0 Å². The normalized spacial score (nSPS) is 11.1. The molecule has 3 N–H and O–H groups in total. The van der Waals surface area contributed by atoms with Crippen molar-refractivity contribution in [3.8, 4) is 5.75 Å². The molecule has 0 fully saturated rings. The summed E-state index contributed by atoms with van der Waals surface area (Å²) in [6.45, 7) is 3.10. The van der Waals surface area contributed by atoms with Gasteiger partial charge in [0.1, 0.15) is 18.3 Å². The molecule has 0 aromatic heterocycles. The third-order valence-corrected chi connectivity index (χ3v) is 4.49. The molecular weight excluding hydrogens is 378 g/mol. The number of carboxylic acids is 2. The van der Waals surface area contributed by atoms with E-state index in [1.165, 1.54) is 10.5 Å². The minimum atomic E-state index is -1.31. The first kappa shape index (κ1) is 23.5. The monoisotopic (exact) mass is 405 g/mol. The second kappa shape index (κ2) is 13.6. The number of rotatable bonds is 10. The Balaban J connectivity index is 0.000000480. The highest BCUT2D eigenvalue weighted by Crippen LogP contribution is 2.33. The maximum absolute atomic E-state index is 9.43. The van der Waals surface area contributed by atoms with Crippen molar-refractivity contribution in [3.05, 3.63) is 60.2 Å². The van der Waals surface area contributed by atoms with Gasteiger partial charge >= 0.3 is 11.9 Å². The molecule has 7 heteroatoms. The van der Waals surface area contributed by atoms with Crippen LogP contribution in [0.3, 0.4) is 0 Å². The fraction of sp³-hybridized carbons (Fsp3) is 0.333. The lowest BCUT2D eigenvalue weighted by Crippen LogP contribution is -2.16. The molecule has 0 aliphatic heterocycles. The molecule has 2 rings (SSSR count). The van der Waals surface area contributed by atoms with Crippen LogP contribution in [0.25, 0.3) is 0 Å². The molecular formula is C21H27NO5S. The lowest BCUT2D eigenvalue weighted by Gasteiger charge is -2.21. The van der Waals surface area contributed by atoms with E-state index in [-0.39, 0.29) is 6.10 Å². The van der Waals surface area contributed by atoms with E-state index in [2.05, 4.69) is 54.7 Å². The number of carbonyl (C=O) groups is 2. The van der Waals surface area contributed by atoms with Gasteiger partial charge in [0.05, 0.1) is 0 Å². The van der Waals surface area contributed by atoms with E-state index in [4.69, 9.17) is 14.9 Å². The number of benzene rings is 2. The van der Waals surface area contributed by atoms with E-state index in [0.29, 0.717) is 0 Å². The van der Waals surface area contributed by atoms with Crippen molar-refractivity contribution < 1.29 is 24.5 Å². The molecule has 2 aromatic carbocycles. The van der Waals surface area contributed by atoms with Crippen LogP contribution in [-0.2, 0) is 9.59 Å². The molecule has 6 nitrogen and oxygen atoms in total. The summed E-state index contributed by atoms with van der Waals surface area (Å²) < 4.78 is 6.33. The summed E-state index contributed by atoms with van der Waals surface area (Å²) in [5.41, 5.74) is 1.23. The van der Waals surface area contributed by atoms with Crippen LogP contribution < -0.4 is 10.1 Å². The van der Waals surface area contributed by atoms with Crippen molar-refractivity contribution >= 4 is 23.7 Å². The van der Waals surface area contributed by atoms with Gasteiger partial charge in [-0.2, -0.15) is 0 Å². The smallest absolute Gasteiger partial charge is 0.314 e. The molecule has 1 unspecified atom stereocenters. The minimum absolute atomic E-state index is 0.0808. The summed E-state index contributed by atoms with van der Waals surface area (Å²) >= 11 is 1.82. The average Bonchev–Trinajstić information content (AvgIpc) is 2.67. The first-order chi connectivity index (χ1) is 13.5. The fourth-order valence-electron chi connectivity index (χ4n) is 2.34. The number of ether oxygens (including phenoxy) is 1. The van der Waals surface area contributed by atoms with Crippen LogP contribution in [-0.4, -0.2) is 41.5 Å². The molecule has 0 radical (unpaired) electrons. The highest BCUT2D eigenvalue weighted by Gasteiger charge is 2.14. The molecule has 0 saturated heterocycles. The Morgan fingerprint density at radius 1 is 1.04 bits per heavy atom. The van der Waals surface area contributed by atoms with Crippen LogP contribution in [0.5, 0.6) is 5.75 Å². The second-order valence-electron chi connectivity index (χ2n) is 5.75. The molecule has 1 atom stereocenters. The molecule has 0 bridgehead atoms. The highest BCUT2D eigenvalue weighted by atomic mass is 32.2. The summed E-state index contributed by atoms with van der Waals surface area (Å²) in [6, 6.07) is 18.7. The number of thioether (sulfide) groups is 1. The predicted molar refractivity (Wildman–Crippen MR) is 111 cm³/mol. The zero-order chi connectivity index (χ0) is 20.8. The number of nitrogens with one attached hydrogen (secondary N) is 1. The second-order valence-corrected chi connectivity index (χ2v) is 7.06. The zero-order valence-electron chi connectivity index (χ0n) is 16.1. The van der Waals surface area contributed by atoms with Gasteiger partial charge < -0.3 is 20.3 Å². The molecule has 0 amide bonds. The molecule has 0 saturated carbocycles. The maximum atomic E-state index is 9.43. The van der Waals surface area contributed by atoms with Crippen LogP contribution >= 0.6 is 11.8 Å². The Kier molecular flexibility index (Phi) is 11.5. The van der Waals surface area contributed by atoms with Crippen LogP contribution in [0, 0.1) is 0 Å². The standard InChI is InChI=1S/C18H23NOS.C3H4O4/c1-3-21-18-12-8-7-11-17(18)20-16(13-14-19-2)15-9-5-4-6-10-15;4-2(5)1-3(6)7/h4-12,16,19H,3,13-14H2,1-2H3;1H2,(H,4,5)(H,6,7). The zero-order valence-corrected chi connectivity index (χ0v) is 16.9. The average molecular weight is 406 g/mol. The maximum Gasteiger partial charge on any atom is 0.314 e. The van der Waals surface area contributed by atoms with E-state index in [1.54, 1.807) is 0 Å². The van der Waals surface area contributed by atoms with Crippen LogP contribution in [0.15, 0.2) is 59.5 Å². The Bertz CT molecular complexity index is 712. The number of hydrogen-bond acceptors (Lipinski definition) is 5. The van der Waals surface area contributed by atoms with Crippen molar-refractivity contribution in [3.63, 3.8) is 0 Å². The van der Waals surface area contributed by atoms with E-state index in [9.17, 15) is 9.59 Å². The fourth-order valence-corrected chi connectivity index (χ4v) is 3.09. The first-order valence-electron chi connectivity index (χ1n) is 8.99. The summed E-state index contributed by atoms with van der Waals surface area (Å²) in [6.07, 6.45) is 0.225. The molecule has 28 heavy (non-hydrogen) atoms. The molecule has 0 spiro atoms. The lowest BCUT2D eigenvalue weighted by atomic mass is 10.1. The summed E-state index contributed by atoms with van der Waals surface area (Å²) in [7, 11) is 1.98. The van der Waals surface area contributed by atoms with Gasteiger partial charge in [-0.15, -0.1) is 11.8 Å². The van der Waals surface area contributed by atoms with Gasteiger partial charge in [0.2, 0.25) is 0 Å². The van der Waals surface area contributed by atoms with Gasteiger partial charge in [0, 0.05) is 11.3 Å². The highest BCUT2D eigenvalue weighted by molar-refractivity contribution is 7.99. The van der Waals surface area contributed by atoms with E-state index < -0.39 is 18.4 Å². The van der Waals surface area contributed by atoms with E-state index >= 15 is 0 Å². The summed E-state index contributed by atoms with van der Waals surface area (Å²) in [4.78, 5) is 20.1. The first-order valence-corrected chi connectivity index (χ1v) is 9.98. The van der Waals surface area contributed by atoms with Crippen molar-refractivity contribution in [1.29, 1.82) is 0 Å². The van der Waals surface area contributed by atoms with Gasteiger partial charge in [-0.3, -0.25) is 9.59 Å². The van der Waals surface area contributed by atoms with Gasteiger partial charge in [0.15, 0.2) is 0 Å². The number of aliphatic carboxylic acids is 2. The number of para-hydroxylation sites is 1. The molecule has 152 valence electrons. The third kappa shape index (κ3) is 9.43. The lowest BCUT2D eigenvalue weighted by molar-refractivity contribution is -0.147. The Hall–Kier alpha value is -2.51. The Morgan fingerprint density at radius 2 is 1.64 bits per heavy atom. The van der Waals surface area contributed by atoms with Gasteiger partial charge in [-0.25, -0.2) is 0 Å². The summed E-state index contributed by atoms with van der Waals surface area (Å²) in [5.74, 6) is -0.596. The molecule has 0 aliphatic rings. The van der Waals surface area contributed by atoms with Crippen molar-refractivity contribution in [2.75, 3.05) is 19.3 Å². The van der Waals surface area contributed by atoms with E-state index in [1.807, 2.05) is 30.9 Å². The van der Waals surface area contributed by atoms with Gasteiger partial charge in [-0.05, 0) is 37.0 Å². The van der Waals surface area contributed by atoms with Gasteiger partial charge in [0.25, 0.3) is 0 Å². The summed E-state index contributed by atoms with van der Waals surface area (Å²) in [5, 5.41) is 18.6. The SMILES string of the molecule is CCSc1ccccc1OC(CCNC)c1ccccc1.O=C(O)CC(=O)O. The Morgan fingerprint density at radius 3 is 2.18 bits per heavy atom. The van der Waals surface area contributed by atoms with E-state index in [0.717, 1.165) is 24.5 Å². The number of hydrogen-bond donors (Lipinski definition) is 3. The molecule has 0 aliphatic carbocycles. The quantitative estimate of drug-likeness (QED) is 0.405. The van der Waals surface area contributed by atoms with Crippen molar-refractivity contribution in [2.24, 2.45) is 0 Å². The largest absolute Gasteiger partial charge is 0.485 e. The van der Waals surface area contributed by atoms with Crippen LogP contribution in [0.4, 0.5) is 0 Å². The van der Waals surface area contributed by atoms with Crippen molar-refractivity contribution in [1.82, 2.24) is 5.32 Å². The number of carboxylic acid groups (broad SMARTS) is 2. The minimum Gasteiger partial charge on any atom is -0.485 e. The van der Waals surface area contributed by atoms with Crippen molar-refractivity contribution in [2.45, 2.75) is 30.8 Å². The predicted octanol–water partition coefficient (Wildman–Crippen LogP) is 4.07.